The SMILES string of the molecule is Cc1cccc(CN=C(N)C(C)C)n1. The molecule has 3 heteroatoms. The zero-order valence-electron chi connectivity index (χ0n) is 8.99. The Kier molecular flexibility index (Phi) is 3.63. The van der Waals surface area contributed by atoms with Gasteiger partial charge in [-0.3, -0.25) is 9.98 Å². The smallest absolute Gasteiger partial charge is 0.0967 e. The van der Waals surface area contributed by atoms with E-state index in [1.165, 1.54) is 0 Å². The molecule has 76 valence electrons. The molecule has 0 atom stereocenters. The second kappa shape index (κ2) is 4.74. The summed E-state index contributed by atoms with van der Waals surface area (Å²) in [4.78, 5) is 8.61. The Labute approximate surface area is 85.1 Å². The minimum Gasteiger partial charge on any atom is -0.387 e. The summed E-state index contributed by atoms with van der Waals surface area (Å²) in [5.41, 5.74) is 7.71. The lowest BCUT2D eigenvalue weighted by Crippen LogP contribution is -2.18. The number of hydrogen-bond acceptors (Lipinski definition) is 2. The summed E-state index contributed by atoms with van der Waals surface area (Å²) in [6.45, 7) is 6.61. The van der Waals surface area contributed by atoms with Gasteiger partial charge in [-0.2, -0.15) is 0 Å². The summed E-state index contributed by atoms with van der Waals surface area (Å²) in [6, 6.07) is 5.92. The highest BCUT2D eigenvalue weighted by Gasteiger charge is 1.99. The lowest BCUT2D eigenvalue weighted by molar-refractivity contribution is 0.848. The van der Waals surface area contributed by atoms with Gasteiger partial charge in [0.2, 0.25) is 0 Å². The van der Waals surface area contributed by atoms with Gasteiger partial charge in [0.25, 0.3) is 0 Å². The lowest BCUT2D eigenvalue weighted by atomic mass is 10.2. The molecule has 0 saturated carbocycles. The molecule has 0 unspecified atom stereocenters. The van der Waals surface area contributed by atoms with Gasteiger partial charge in [-0.05, 0) is 19.1 Å². The van der Waals surface area contributed by atoms with Crippen molar-refractivity contribution in [3.63, 3.8) is 0 Å². The first-order valence-electron chi connectivity index (χ1n) is 4.82. The van der Waals surface area contributed by atoms with Gasteiger partial charge in [-0.1, -0.05) is 19.9 Å². The molecule has 14 heavy (non-hydrogen) atoms. The first kappa shape index (κ1) is 10.7. The third-order valence-electron chi connectivity index (χ3n) is 1.96. The second-order valence-electron chi connectivity index (χ2n) is 3.67. The minimum atomic E-state index is 0.305. The van der Waals surface area contributed by atoms with E-state index in [0.717, 1.165) is 11.4 Å². The summed E-state index contributed by atoms with van der Waals surface area (Å²) in [7, 11) is 0. The van der Waals surface area contributed by atoms with Crippen molar-refractivity contribution in [3.8, 4) is 0 Å². The maximum atomic E-state index is 5.72. The van der Waals surface area contributed by atoms with Gasteiger partial charge in [0.15, 0.2) is 0 Å². The molecule has 0 saturated heterocycles. The predicted octanol–water partition coefficient (Wildman–Crippen LogP) is 1.90. The number of amidine groups is 1. The van der Waals surface area contributed by atoms with Gasteiger partial charge in [-0.15, -0.1) is 0 Å². The van der Waals surface area contributed by atoms with Crippen LogP contribution in [0.15, 0.2) is 23.2 Å². The van der Waals surface area contributed by atoms with Crippen molar-refractivity contribution >= 4 is 5.84 Å². The molecule has 0 amide bonds. The summed E-state index contributed by atoms with van der Waals surface area (Å²) >= 11 is 0. The molecule has 0 spiro atoms. The van der Waals surface area contributed by atoms with Crippen molar-refractivity contribution in [1.82, 2.24) is 4.98 Å². The second-order valence-corrected chi connectivity index (χ2v) is 3.67. The van der Waals surface area contributed by atoms with Gasteiger partial charge in [0.1, 0.15) is 0 Å². The molecule has 0 aromatic carbocycles. The van der Waals surface area contributed by atoms with E-state index in [2.05, 4.69) is 9.98 Å². The Hall–Kier alpha value is -1.38. The molecule has 0 aliphatic rings. The largest absolute Gasteiger partial charge is 0.387 e. The molecule has 1 heterocycles. The summed E-state index contributed by atoms with van der Waals surface area (Å²) in [5, 5.41) is 0. The standard InChI is InChI=1S/C11H17N3/c1-8(2)11(12)13-7-10-6-4-5-9(3)14-10/h4-6,8H,7H2,1-3H3,(H2,12,13). The third kappa shape index (κ3) is 3.17. The average molecular weight is 191 g/mol. The normalized spacial score (nSPS) is 12.1. The van der Waals surface area contributed by atoms with Crippen LogP contribution >= 0.6 is 0 Å². The van der Waals surface area contributed by atoms with Crippen LogP contribution in [0.1, 0.15) is 25.2 Å². The summed E-state index contributed by atoms with van der Waals surface area (Å²) in [5.74, 6) is 0.994. The van der Waals surface area contributed by atoms with Crippen LogP contribution in [0, 0.1) is 12.8 Å². The molecule has 0 aliphatic carbocycles. The number of nitrogens with two attached hydrogens (primary N) is 1. The monoisotopic (exact) mass is 191 g/mol. The maximum absolute atomic E-state index is 5.72. The molecule has 0 fully saturated rings. The van der Waals surface area contributed by atoms with Crippen molar-refractivity contribution in [2.45, 2.75) is 27.3 Å². The van der Waals surface area contributed by atoms with Crippen LogP contribution in [-0.2, 0) is 6.54 Å². The van der Waals surface area contributed by atoms with Crippen molar-refractivity contribution in [1.29, 1.82) is 0 Å². The van der Waals surface area contributed by atoms with E-state index < -0.39 is 0 Å². The van der Waals surface area contributed by atoms with Gasteiger partial charge < -0.3 is 5.73 Å². The fourth-order valence-electron chi connectivity index (χ4n) is 1.04. The number of hydrogen-bond donors (Lipinski definition) is 1. The number of pyridine rings is 1. The molecule has 1 aromatic heterocycles. The van der Waals surface area contributed by atoms with Crippen LogP contribution < -0.4 is 5.73 Å². The Morgan fingerprint density at radius 2 is 2.21 bits per heavy atom. The molecule has 1 aromatic rings. The Morgan fingerprint density at radius 3 is 2.79 bits per heavy atom. The minimum absolute atomic E-state index is 0.305. The highest BCUT2D eigenvalue weighted by Crippen LogP contribution is 2.01. The highest BCUT2D eigenvalue weighted by atomic mass is 14.9. The number of aliphatic imine (C=N–C) groups is 1. The predicted molar refractivity (Wildman–Crippen MR) is 59.1 cm³/mol. The quantitative estimate of drug-likeness (QED) is 0.586. The van der Waals surface area contributed by atoms with Crippen molar-refractivity contribution in [2.75, 3.05) is 0 Å². The van der Waals surface area contributed by atoms with Crippen molar-refractivity contribution in [3.05, 3.63) is 29.6 Å². The van der Waals surface area contributed by atoms with E-state index >= 15 is 0 Å². The van der Waals surface area contributed by atoms with E-state index in [9.17, 15) is 0 Å². The fourth-order valence-corrected chi connectivity index (χ4v) is 1.04. The fraction of sp³-hybridized carbons (Fsp3) is 0.455. The number of nitrogens with zero attached hydrogens (tertiary/aromatic N) is 2. The van der Waals surface area contributed by atoms with Crippen LogP contribution in [0.5, 0.6) is 0 Å². The zero-order chi connectivity index (χ0) is 10.6. The molecule has 0 aliphatic heterocycles. The number of rotatable bonds is 3. The van der Waals surface area contributed by atoms with E-state index in [-0.39, 0.29) is 0 Å². The maximum Gasteiger partial charge on any atom is 0.0967 e. The summed E-state index contributed by atoms with van der Waals surface area (Å²) < 4.78 is 0. The molecule has 0 bridgehead atoms. The number of aryl methyl sites for hydroxylation is 1. The zero-order valence-corrected chi connectivity index (χ0v) is 8.99. The van der Waals surface area contributed by atoms with Gasteiger partial charge in [-0.25, -0.2) is 0 Å². The van der Waals surface area contributed by atoms with Crippen LogP contribution in [-0.4, -0.2) is 10.8 Å². The molecular weight excluding hydrogens is 174 g/mol. The highest BCUT2D eigenvalue weighted by molar-refractivity contribution is 5.82. The van der Waals surface area contributed by atoms with Crippen LogP contribution in [0.2, 0.25) is 0 Å². The number of aromatic nitrogens is 1. The lowest BCUT2D eigenvalue weighted by Gasteiger charge is -2.03. The van der Waals surface area contributed by atoms with Crippen molar-refractivity contribution < 1.29 is 0 Å². The topological polar surface area (TPSA) is 51.3 Å². The average Bonchev–Trinajstić information content (AvgIpc) is 2.14. The van der Waals surface area contributed by atoms with Crippen LogP contribution in [0.4, 0.5) is 0 Å². The Morgan fingerprint density at radius 1 is 1.50 bits per heavy atom. The molecule has 2 N–H and O–H groups in total. The van der Waals surface area contributed by atoms with Gasteiger partial charge >= 0.3 is 0 Å². The Balaban J connectivity index is 2.66. The van der Waals surface area contributed by atoms with E-state index in [1.54, 1.807) is 0 Å². The molecule has 3 nitrogen and oxygen atoms in total. The van der Waals surface area contributed by atoms with Gasteiger partial charge in [0, 0.05) is 11.6 Å². The molecule has 1 rings (SSSR count). The van der Waals surface area contributed by atoms with Crippen molar-refractivity contribution in [2.24, 2.45) is 16.6 Å². The van der Waals surface area contributed by atoms with E-state index in [4.69, 9.17) is 5.73 Å². The first-order chi connectivity index (χ1) is 6.59. The van der Waals surface area contributed by atoms with Gasteiger partial charge in [0.05, 0.1) is 18.1 Å². The van der Waals surface area contributed by atoms with Crippen LogP contribution in [0.3, 0.4) is 0 Å². The third-order valence-corrected chi connectivity index (χ3v) is 1.96. The Bertz CT molecular complexity index is 329. The van der Waals surface area contributed by atoms with E-state index in [1.807, 2.05) is 39.0 Å². The molecular formula is C11H17N3. The van der Waals surface area contributed by atoms with E-state index in [0.29, 0.717) is 18.3 Å². The first-order valence-corrected chi connectivity index (χ1v) is 4.82. The summed E-state index contributed by atoms with van der Waals surface area (Å²) in [6.07, 6.45) is 0. The van der Waals surface area contributed by atoms with Crippen LogP contribution in [0.25, 0.3) is 0 Å². The molecule has 0 radical (unpaired) electrons.